The Morgan fingerprint density at radius 1 is 1.27 bits per heavy atom. The molecule has 0 aliphatic heterocycles. The van der Waals surface area contributed by atoms with Gasteiger partial charge >= 0.3 is 6.09 Å². The molecule has 1 atom stereocenters. The molecule has 7 heteroatoms. The van der Waals surface area contributed by atoms with Crippen LogP contribution < -0.4 is 0 Å². The second-order valence-electron chi connectivity index (χ2n) is 5.98. The Bertz CT molecular complexity index is 661. The Kier molecular flexibility index (Phi) is 5.35. The number of nitrogens with zero attached hydrogens (tertiary/aromatic N) is 1. The zero-order chi connectivity index (χ0) is 17.1. The first-order valence-corrected chi connectivity index (χ1v) is 8.56. The molecule has 0 saturated heterocycles. The fourth-order valence-electron chi connectivity index (χ4n) is 1.88. The average molecular weight is 327 g/mol. The van der Waals surface area contributed by atoms with Gasteiger partial charge in [-0.2, -0.15) is 0 Å². The zero-order valence-electron chi connectivity index (χ0n) is 13.4. The lowest BCUT2D eigenvalue weighted by Crippen LogP contribution is -2.37. The van der Waals surface area contributed by atoms with E-state index in [1.165, 1.54) is 19.2 Å². The van der Waals surface area contributed by atoms with Crippen LogP contribution in [0.15, 0.2) is 29.2 Å². The van der Waals surface area contributed by atoms with Crippen molar-refractivity contribution in [2.75, 3.05) is 13.3 Å². The summed E-state index contributed by atoms with van der Waals surface area (Å²) in [5.41, 5.74) is -0.469. The fraction of sp³-hybridized carbons (Fsp3) is 0.467. The van der Waals surface area contributed by atoms with E-state index in [1.54, 1.807) is 32.9 Å². The minimum absolute atomic E-state index is 0.0162. The molecule has 0 aromatic heterocycles. The molecule has 122 valence electrons. The van der Waals surface area contributed by atoms with Gasteiger partial charge in [-0.25, -0.2) is 13.2 Å². The van der Waals surface area contributed by atoms with Crippen molar-refractivity contribution in [2.24, 2.45) is 0 Å². The van der Waals surface area contributed by atoms with Gasteiger partial charge in [0.25, 0.3) is 0 Å². The fourth-order valence-corrected chi connectivity index (χ4v) is 2.83. The third-order valence-electron chi connectivity index (χ3n) is 2.86. The Morgan fingerprint density at radius 3 is 2.27 bits per heavy atom. The number of aldehydes is 1. The molecule has 0 N–H and O–H groups in total. The summed E-state index contributed by atoms with van der Waals surface area (Å²) in [7, 11) is -2.13. The maximum atomic E-state index is 12.1. The van der Waals surface area contributed by atoms with Crippen molar-refractivity contribution in [1.82, 2.24) is 4.90 Å². The van der Waals surface area contributed by atoms with Gasteiger partial charge in [-0.15, -0.1) is 0 Å². The lowest BCUT2D eigenvalue weighted by Gasteiger charge is -2.28. The van der Waals surface area contributed by atoms with E-state index < -0.39 is 27.6 Å². The van der Waals surface area contributed by atoms with Crippen molar-refractivity contribution in [1.29, 1.82) is 0 Å². The van der Waals surface area contributed by atoms with Crippen molar-refractivity contribution in [3.05, 3.63) is 29.8 Å². The molecular weight excluding hydrogens is 306 g/mol. The lowest BCUT2D eigenvalue weighted by atomic mass is 10.1. The molecule has 1 rings (SSSR count). The van der Waals surface area contributed by atoms with E-state index in [4.69, 9.17) is 4.74 Å². The Hall–Kier alpha value is -1.89. The van der Waals surface area contributed by atoms with E-state index in [0.717, 1.165) is 11.2 Å². The third-order valence-corrected chi connectivity index (χ3v) is 4.04. The van der Waals surface area contributed by atoms with Gasteiger partial charge in [-0.3, -0.25) is 4.90 Å². The van der Waals surface area contributed by atoms with Gasteiger partial charge in [0, 0.05) is 18.9 Å². The van der Waals surface area contributed by atoms with Crippen LogP contribution in [0, 0.1) is 0 Å². The van der Waals surface area contributed by atoms with Crippen LogP contribution in [0.1, 0.15) is 32.4 Å². The van der Waals surface area contributed by atoms with Crippen LogP contribution in [0.5, 0.6) is 0 Å². The number of sulfone groups is 1. The number of ether oxygens (including phenoxy) is 1. The minimum atomic E-state index is -3.52. The first kappa shape index (κ1) is 18.2. The average Bonchev–Trinajstić information content (AvgIpc) is 2.36. The molecule has 0 heterocycles. The highest BCUT2D eigenvalue weighted by Gasteiger charge is 2.29. The van der Waals surface area contributed by atoms with Crippen molar-refractivity contribution < 1.29 is 22.7 Å². The molecule has 0 bridgehead atoms. The summed E-state index contributed by atoms with van der Waals surface area (Å²) in [6.45, 7) is 5.12. The Labute approximate surface area is 131 Å². The largest absolute Gasteiger partial charge is 0.444 e. The Balaban J connectivity index is 3.23. The van der Waals surface area contributed by atoms with Crippen molar-refractivity contribution >= 4 is 22.2 Å². The SMILES string of the molecule is CN(C(=O)OC(C)(C)C)C(C=O)c1ccccc1S(C)(=O)=O. The van der Waals surface area contributed by atoms with Gasteiger partial charge in [-0.05, 0) is 26.8 Å². The number of hydrogen-bond donors (Lipinski definition) is 0. The molecule has 1 unspecified atom stereocenters. The lowest BCUT2D eigenvalue weighted by molar-refractivity contribution is -0.112. The monoisotopic (exact) mass is 327 g/mol. The molecule has 6 nitrogen and oxygen atoms in total. The highest BCUT2D eigenvalue weighted by molar-refractivity contribution is 7.90. The molecule has 1 aromatic carbocycles. The maximum absolute atomic E-state index is 12.1. The molecule has 0 saturated carbocycles. The number of rotatable bonds is 4. The first-order valence-electron chi connectivity index (χ1n) is 6.67. The van der Waals surface area contributed by atoms with Crippen LogP contribution in [0.25, 0.3) is 0 Å². The van der Waals surface area contributed by atoms with Crippen LogP contribution >= 0.6 is 0 Å². The molecular formula is C15H21NO5S. The highest BCUT2D eigenvalue weighted by Crippen LogP contribution is 2.26. The number of carbonyl (C=O) groups excluding carboxylic acids is 2. The summed E-state index contributed by atoms with van der Waals surface area (Å²) in [6, 6.07) is 5.06. The first-order chi connectivity index (χ1) is 9.97. The number of benzene rings is 1. The molecule has 0 radical (unpaired) electrons. The summed E-state index contributed by atoms with van der Waals surface area (Å²) in [5.74, 6) is 0. The summed E-state index contributed by atoms with van der Waals surface area (Å²) in [5, 5.41) is 0. The van der Waals surface area contributed by atoms with Crippen molar-refractivity contribution in [2.45, 2.75) is 37.3 Å². The molecule has 0 aliphatic rings. The van der Waals surface area contributed by atoms with E-state index in [-0.39, 0.29) is 10.5 Å². The highest BCUT2D eigenvalue weighted by atomic mass is 32.2. The van der Waals surface area contributed by atoms with Gasteiger partial charge in [0.05, 0.1) is 4.90 Å². The van der Waals surface area contributed by atoms with E-state index in [0.29, 0.717) is 6.29 Å². The van der Waals surface area contributed by atoms with Crippen LogP contribution in [0.3, 0.4) is 0 Å². The van der Waals surface area contributed by atoms with Gasteiger partial charge in [-0.1, -0.05) is 18.2 Å². The topological polar surface area (TPSA) is 80.8 Å². The summed E-state index contributed by atoms with van der Waals surface area (Å²) >= 11 is 0. The number of likely N-dealkylation sites (N-methyl/N-ethyl adjacent to an activating group) is 1. The second kappa shape index (κ2) is 6.48. The van der Waals surface area contributed by atoms with Gasteiger partial charge < -0.3 is 9.53 Å². The summed E-state index contributed by atoms with van der Waals surface area (Å²) in [4.78, 5) is 24.6. The van der Waals surface area contributed by atoms with E-state index in [1.807, 2.05) is 0 Å². The van der Waals surface area contributed by atoms with Crippen molar-refractivity contribution in [3.8, 4) is 0 Å². The van der Waals surface area contributed by atoms with E-state index >= 15 is 0 Å². The standard InChI is InChI=1S/C15H21NO5S/c1-15(2,3)21-14(18)16(4)12(10-17)11-8-6-7-9-13(11)22(5,19)20/h6-10,12H,1-5H3. The smallest absolute Gasteiger partial charge is 0.410 e. The molecule has 1 aromatic rings. The third kappa shape index (κ3) is 4.56. The van der Waals surface area contributed by atoms with Gasteiger partial charge in [0.15, 0.2) is 9.84 Å². The number of carbonyl (C=O) groups is 2. The molecule has 22 heavy (non-hydrogen) atoms. The predicted molar refractivity (Wildman–Crippen MR) is 82.4 cm³/mol. The number of hydrogen-bond acceptors (Lipinski definition) is 5. The van der Waals surface area contributed by atoms with Crippen LogP contribution in [-0.2, 0) is 19.4 Å². The van der Waals surface area contributed by atoms with E-state index in [9.17, 15) is 18.0 Å². The zero-order valence-corrected chi connectivity index (χ0v) is 14.2. The van der Waals surface area contributed by atoms with Crippen LogP contribution in [0.4, 0.5) is 4.79 Å². The molecule has 0 aliphatic carbocycles. The minimum Gasteiger partial charge on any atom is -0.444 e. The van der Waals surface area contributed by atoms with Gasteiger partial charge in [0.1, 0.15) is 17.9 Å². The normalized spacial score (nSPS) is 13.3. The van der Waals surface area contributed by atoms with Gasteiger partial charge in [0.2, 0.25) is 0 Å². The maximum Gasteiger partial charge on any atom is 0.410 e. The quantitative estimate of drug-likeness (QED) is 0.792. The van der Waals surface area contributed by atoms with E-state index in [2.05, 4.69) is 0 Å². The van der Waals surface area contributed by atoms with Crippen LogP contribution in [-0.4, -0.2) is 44.6 Å². The second-order valence-corrected chi connectivity index (χ2v) is 7.97. The predicted octanol–water partition coefficient (Wildman–Crippen LogP) is 2.20. The van der Waals surface area contributed by atoms with Crippen molar-refractivity contribution in [3.63, 3.8) is 0 Å². The summed E-state index contributed by atoms with van der Waals surface area (Å²) in [6.07, 6.45) is 0.877. The summed E-state index contributed by atoms with van der Waals surface area (Å²) < 4.78 is 28.9. The van der Waals surface area contributed by atoms with Crippen LogP contribution in [0.2, 0.25) is 0 Å². The molecule has 0 spiro atoms. The molecule has 0 fully saturated rings. The Morgan fingerprint density at radius 2 is 1.82 bits per heavy atom. The number of amides is 1. The molecule has 1 amide bonds.